The first-order chi connectivity index (χ1) is 8.51. The van der Waals surface area contributed by atoms with E-state index in [4.69, 9.17) is 5.11 Å². The monoisotopic (exact) mass is 250 g/mol. The Morgan fingerprint density at radius 2 is 2.11 bits per heavy atom. The second kappa shape index (κ2) is 6.64. The highest BCUT2D eigenvalue weighted by Gasteiger charge is 2.10. The van der Waals surface area contributed by atoms with Crippen LogP contribution in [0.1, 0.15) is 25.8 Å². The molecule has 0 aliphatic carbocycles. The number of urea groups is 1. The van der Waals surface area contributed by atoms with Crippen molar-refractivity contribution in [2.75, 3.05) is 5.32 Å². The maximum Gasteiger partial charge on any atom is 0.319 e. The minimum absolute atomic E-state index is 0.0948. The minimum atomic E-state index is -0.934. The van der Waals surface area contributed by atoms with Gasteiger partial charge in [0.15, 0.2) is 0 Å². The van der Waals surface area contributed by atoms with Crippen LogP contribution in [0, 0.1) is 0 Å². The summed E-state index contributed by atoms with van der Waals surface area (Å²) in [6, 6.07) is 6.74. The first kappa shape index (κ1) is 14.0. The van der Waals surface area contributed by atoms with E-state index in [-0.39, 0.29) is 6.42 Å². The van der Waals surface area contributed by atoms with Gasteiger partial charge in [0.05, 0.1) is 6.42 Å². The van der Waals surface area contributed by atoms with Gasteiger partial charge in [0.1, 0.15) is 0 Å². The number of nitrogens with one attached hydrogen (secondary N) is 2. The maximum atomic E-state index is 11.6. The number of hydrogen-bond donors (Lipinski definition) is 3. The van der Waals surface area contributed by atoms with Crippen molar-refractivity contribution in [1.82, 2.24) is 5.32 Å². The van der Waals surface area contributed by atoms with E-state index in [1.54, 1.807) is 13.0 Å². The molecule has 0 spiro atoms. The summed E-state index contributed by atoms with van der Waals surface area (Å²) in [5.41, 5.74) is 1.83. The van der Waals surface area contributed by atoms with Crippen molar-refractivity contribution in [2.24, 2.45) is 0 Å². The Morgan fingerprint density at radius 1 is 1.39 bits per heavy atom. The molecule has 1 aromatic rings. The number of rotatable bonds is 5. The molecule has 1 atom stereocenters. The van der Waals surface area contributed by atoms with Crippen LogP contribution in [0.15, 0.2) is 24.3 Å². The SMILES string of the molecule is CCc1cccc(NC(=O)NC(C)CC(=O)O)c1. The lowest BCUT2D eigenvalue weighted by molar-refractivity contribution is -0.137. The zero-order valence-electron chi connectivity index (χ0n) is 10.6. The number of aliphatic carboxylic acids is 1. The van der Waals surface area contributed by atoms with Gasteiger partial charge in [0.2, 0.25) is 0 Å². The number of carboxylic acid groups (broad SMARTS) is 1. The third-order valence-corrected chi connectivity index (χ3v) is 2.45. The Hall–Kier alpha value is -2.04. The summed E-state index contributed by atoms with van der Waals surface area (Å²) >= 11 is 0. The molecule has 0 bridgehead atoms. The van der Waals surface area contributed by atoms with E-state index >= 15 is 0 Å². The standard InChI is InChI=1S/C13H18N2O3/c1-3-10-5-4-6-11(8-10)15-13(18)14-9(2)7-12(16)17/h4-6,8-9H,3,7H2,1-2H3,(H,16,17)(H2,14,15,18). The molecule has 5 heteroatoms. The van der Waals surface area contributed by atoms with Gasteiger partial charge in [-0.05, 0) is 31.0 Å². The smallest absolute Gasteiger partial charge is 0.319 e. The summed E-state index contributed by atoms with van der Waals surface area (Å²) in [7, 11) is 0. The highest BCUT2D eigenvalue weighted by Crippen LogP contribution is 2.10. The van der Waals surface area contributed by atoms with Gasteiger partial charge in [-0.25, -0.2) is 4.79 Å². The molecule has 18 heavy (non-hydrogen) atoms. The van der Waals surface area contributed by atoms with Crippen molar-refractivity contribution in [3.8, 4) is 0 Å². The molecule has 0 fully saturated rings. The van der Waals surface area contributed by atoms with Gasteiger partial charge in [-0.15, -0.1) is 0 Å². The molecule has 1 rings (SSSR count). The van der Waals surface area contributed by atoms with Crippen LogP contribution in [0.3, 0.4) is 0 Å². The average molecular weight is 250 g/mol. The van der Waals surface area contributed by atoms with E-state index in [1.807, 2.05) is 25.1 Å². The first-order valence-corrected chi connectivity index (χ1v) is 5.89. The van der Waals surface area contributed by atoms with Crippen LogP contribution in [0.2, 0.25) is 0 Å². The van der Waals surface area contributed by atoms with Gasteiger partial charge in [0.25, 0.3) is 0 Å². The zero-order valence-corrected chi connectivity index (χ0v) is 10.6. The molecular weight excluding hydrogens is 232 g/mol. The number of hydrogen-bond acceptors (Lipinski definition) is 2. The van der Waals surface area contributed by atoms with E-state index in [1.165, 1.54) is 0 Å². The van der Waals surface area contributed by atoms with Crippen LogP contribution < -0.4 is 10.6 Å². The molecule has 0 saturated carbocycles. The van der Waals surface area contributed by atoms with Gasteiger partial charge in [-0.1, -0.05) is 19.1 Å². The number of benzene rings is 1. The third-order valence-electron chi connectivity index (χ3n) is 2.45. The number of carbonyl (C=O) groups excluding carboxylic acids is 1. The Balaban J connectivity index is 2.51. The van der Waals surface area contributed by atoms with Crippen molar-refractivity contribution >= 4 is 17.7 Å². The highest BCUT2D eigenvalue weighted by atomic mass is 16.4. The van der Waals surface area contributed by atoms with Crippen LogP contribution in [0.25, 0.3) is 0 Å². The van der Waals surface area contributed by atoms with Gasteiger partial charge >= 0.3 is 12.0 Å². The fourth-order valence-corrected chi connectivity index (χ4v) is 1.57. The van der Waals surface area contributed by atoms with Crippen molar-refractivity contribution in [1.29, 1.82) is 0 Å². The predicted molar refractivity (Wildman–Crippen MR) is 69.7 cm³/mol. The van der Waals surface area contributed by atoms with Crippen LogP contribution in [0.5, 0.6) is 0 Å². The number of carboxylic acids is 1. The fourth-order valence-electron chi connectivity index (χ4n) is 1.57. The summed E-state index contributed by atoms with van der Waals surface area (Å²) in [5, 5.41) is 13.8. The van der Waals surface area contributed by atoms with E-state index in [0.29, 0.717) is 5.69 Å². The lowest BCUT2D eigenvalue weighted by atomic mass is 10.1. The zero-order chi connectivity index (χ0) is 13.5. The normalized spacial score (nSPS) is 11.7. The highest BCUT2D eigenvalue weighted by molar-refractivity contribution is 5.89. The average Bonchev–Trinajstić information content (AvgIpc) is 2.27. The molecule has 0 aliphatic heterocycles. The Morgan fingerprint density at radius 3 is 2.72 bits per heavy atom. The van der Waals surface area contributed by atoms with Crippen LogP contribution in [-0.2, 0) is 11.2 Å². The van der Waals surface area contributed by atoms with Crippen molar-refractivity contribution in [3.63, 3.8) is 0 Å². The van der Waals surface area contributed by atoms with Gasteiger partial charge in [-0.3, -0.25) is 4.79 Å². The molecular formula is C13H18N2O3. The molecule has 1 unspecified atom stereocenters. The van der Waals surface area contributed by atoms with Crippen molar-refractivity contribution in [3.05, 3.63) is 29.8 Å². The molecule has 3 N–H and O–H groups in total. The molecule has 2 amide bonds. The summed E-state index contributed by atoms with van der Waals surface area (Å²) in [6.07, 6.45) is 0.801. The van der Waals surface area contributed by atoms with Crippen LogP contribution in [-0.4, -0.2) is 23.1 Å². The lowest BCUT2D eigenvalue weighted by Gasteiger charge is -2.13. The topological polar surface area (TPSA) is 78.4 Å². The number of carbonyl (C=O) groups is 2. The molecule has 0 aliphatic rings. The van der Waals surface area contributed by atoms with Gasteiger partial charge in [0, 0.05) is 11.7 Å². The quantitative estimate of drug-likeness (QED) is 0.749. The lowest BCUT2D eigenvalue weighted by Crippen LogP contribution is -2.37. The van der Waals surface area contributed by atoms with Gasteiger partial charge < -0.3 is 15.7 Å². The Kier molecular flexibility index (Phi) is 5.17. The minimum Gasteiger partial charge on any atom is -0.481 e. The fraction of sp³-hybridized carbons (Fsp3) is 0.385. The largest absolute Gasteiger partial charge is 0.481 e. The molecule has 0 heterocycles. The number of anilines is 1. The van der Waals surface area contributed by atoms with Crippen molar-refractivity contribution in [2.45, 2.75) is 32.7 Å². The molecule has 1 aromatic carbocycles. The number of aryl methyl sites for hydroxylation is 1. The molecule has 0 radical (unpaired) electrons. The second-order valence-electron chi connectivity index (χ2n) is 4.15. The van der Waals surface area contributed by atoms with Crippen molar-refractivity contribution < 1.29 is 14.7 Å². The second-order valence-corrected chi connectivity index (χ2v) is 4.15. The summed E-state index contributed by atoms with van der Waals surface area (Å²) < 4.78 is 0. The maximum absolute atomic E-state index is 11.6. The molecule has 5 nitrogen and oxygen atoms in total. The Labute approximate surface area is 106 Å². The number of amides is 2. The van der Waals surface area contributed by atoms with E-state index in [0.717, 1.165) is 12.0 Å². The molecule has 0 saturated heterocycles. The molecule has 0 aromatic heterocycles. The molecule has 98 valence electrons. The van der Waals surface area contributed by atoms with Crippen LogP contribution >= 0.6 is 0 Å². The van der Waals surface area contributed by atoms with E-state index < -0.39 is 18.0 Å². The summed E-state index contributed by atoms with van der Waals surface area (Å²) in [5.74, 6) is -0.934. The van der Waals surface area contributed by atoms with E-state index in [2.05, 4.69) is 10.6 Å². The van der Waals surface area contributed by atoms with E-state index in [9.17, 15) is 9.59 Å². The summed E-state index contributed by atoms with van der Waals surface area (Å²) in [6.45, 7) is 3.68. The van der Waals surface area contributed by atoms with Crippen LogP contribution in [0.4, 0.5) is 10.5 Å². The predicted octanol–water partition coefficient (Wildman–Crippen LogP) is 2.23. The first-order valence-electron chi connectivity index (χ1n) is 5.89. The third kappa shape index (κ3) is 4.86. The Bertz CT molecular complexity index is 432. The van der Waals surface area contributed by atoms with Gasteiger partial charge in [-0.2, -0.15) is 0 Å². The summed E-state index contributed by atoms with van der Waals surface area (Å²) in [4.78, 5) is 22.1.